The third-order valence-corrected chi connectivity index (χ3v) is 8.03. The number of carboxylic acids is 1. The Kier molecular flexibility index (Phi) is 8.04. The Bertz CT molecular complexity index is 1420. The molecule has 3 aromatic rings. The number of rotatable bonds is 7. The first-order valence-electron chi connectivity index (χ1n) is 13.0. The molecule has 1 N–H and O–H groups in total. The first-order chi connectivity index (χ1) is 18.3. The van der Waals surface area contributed by atoms with Crippen molar-refractivity contribution in [3.05, 3.63) is 110 Å². The minimum absolute atomic E-state index is 0.191. The van der Waals surface area contributed by atoms with Gasteiger partial charge in [0.1, 0.15) is 0 Å². The fourth-order valence-corrected chi connectivity index (χ4v) is 6.06. The average molecular weight is 551 g/mol. The molecule has 0 amide bonds. The molecule has 3 aromatic carbocycles. The van der Waals surface area contributed by atoms with Crippen molar-refractivity contribution in [2.75, 3.05) is 26.3 Å². The van der Waals surface area contributed by atoms with Gasteiger partial charge < -0.3 is 5.11 Å². The number of hydrogen-bond acceptors (Lipinski definition) is 2. The molecule has 1 saturated heterocycles. The number of carbonyl (C=O) groups is 1. The molecule has 196 valence electrons. The van der Waals surface area contributed by atoms with E-state index < -0.39 is 5.97 Å². The Labute approximate surface area is 233 Å². The van der Waals surface area contributed by atoms with Gasteiger partial charge in [-0.1, -0.05) is 72.6 Å². The number of hydrogen-bond donors (Lipinski definition) is 1. The molecule has 0 spiro atoms. The van der Waals surface area contributed by atoms with E-state index in [-0.39, 0.29) is 12.6 Å². The Morgan fingerprint density at radius 1 is 1.05 bits per heavy atom. The number of fused-ring (bicyclic) bond motifs is 1. The molecule has 0 radical (unpaired) electrons. The van der Waals surface area contributed by atoms with Crippen molar-refractivity contribution in [2.24, 2.45) is 5.92 Å². The Morgan fingerprint density at radius 3 is 2.47 bits per heavy atom. The molecule has 6 heteroatoms. The third-order valence-electron chi connectivity index (χ3n) is 7.48. The van der Waals surface area contributed by atoms with Crippen LogP contribution in [0.5, 0.6) is 0 Å². The van der Waals surface area contributed by atoms with Gasteiger partial charge in [-0.2, -0.15) is 0 Å². The summed E-state index contributed by atoms with van der Waals surface area (Å²) < 4.78 is 12.4. The van der Waals surface area contributed by atoms with E-state index >= 15 is 0 Å². The number of likely N-dealkylation sites (tertiary alicyclic amines) is 1. The van der Waals surface area contributed by atoms with Crippen LogP contribution in [0.1, 0.15) is 57.9 Å². The van der Waals surface area contributed by atoms with Crippen molar-refractivity contribution >= 4 is 46.4 Å². The van der Waals surface area contributed by atoms with Crippen LogP contribution in [0.2, 0.25) is 10.0 Å². The zero-order valence-electron chi connectivity index (χ0n) is 21.3. The second kappa shape index (κ2) is 11.4. The van der Waals surface area contributed by atoms with Gasteiger partial charge >= 0.3 is 5.97 Å². The molecular formula is C32H30Cl2FNO2. The molecule has 0 aromatic heterocycles. The van der Waals surface area contributed by atoms with Gasteiger partial charge in [-0.3, -0.25) is 9.29 Å². The van der Waals surface area contributed by atoms with E-state index in [1.165, 1.54) is 5.57 Å². The van der Waals surface area contributed by atoms with E-state index in [1.807, 2.05) is 18.2 Å². The predicted octanol–water partition coefficient (Wildman–Crippen LogP) is 8.29. The topological polar surface area (TPSA) is 40.5 Å². The van der Waals surface area contributed by atoms with E-state index in [1.54, 1.807) is 18.2 Å². The summed E-state index contributed by atoms with van der Waals surface area (Å²) in [6.07, 6.45) is 4.45. The van der Waals surface area contributed by atoms with Crippen molar-refractivity contribution in [3.63, 3.8) is 0 Å². The van der Waals surface area contributed by atoms with Crippen LogP contribution in [-0.2, 0) is 6.42 Å². The highest BCUT2D eigenvalue weighted by Gasteiger charge is 2.27. The number of aryl methyl sites for hydroxylation is 1. The first-order valence-corrected chi connectivity index (χ1v) is 13.7. The zero-order chi connectivity index (χ0) is 26.8. The number of halogens is 3. The maximum absolute atomic E-state index is 12.4. The highest BCUT2D eigenvalue weighted by Crippen LogP contribution is 2.45. The monoisotopic (exact) mass is 549 g/mol. The molecule has 0 saturated carbocycles. The highest BCUT2D eigenvalue weighted by atomic mass is 35.5. The minimum Gasteiger partial charge on any atom is -0.478 e. The molecule has 1 unspecified atom stereocenters. The van der Waals surface area contributed by atoms with Crippen LogP contribution in [0.25, 0.3) is 17.2 Å². The number of carboxylic acid groups (broad SMARTS) is 1. The van der Waals surface area contributed by atoms with Crippen molar-refractivity contribution in [1.82, 2.24) is 4.90 Å². The Hall–Kier alpha value is -2.92. The van der Waals surface area contributed by atoms with Crippen LogP contribution >= 0.6 is 23.2 Å². The van der Waals surface area contributed by atoms with Gasteiger partial charge in [-0.15, -0.1) is 0 Å². The summed E-state index contributed by atoms with van der Waals surface area (Å²) in [6.45, 7) is 4.52. The van der Waals surface area contributed by atoms with Gasteiger partial charge in [0.15, 0.2) is 0 Å². The minimum atomic E-state index is -0.923. The summed E-state index contributed by atoms with van der Waals surface area (Å²) in [6, 6.07) is 19.6. The number of benzene rings is 3. The van der Waals surface area contributed by atoms with Crippen molar-refractivity contribution in [1.29, 1.82) is 0 Å². The molecule has 5 rings (SSSR count). The molecule has 1 atom stereocenters. The van der Waals surface area contributed by atoms with Gasteiger partial charge in [-0.05, 0) is 94.0 Å². The van der Waals surface area contributed by atoms with Gasteiger partial charge in [0.05, 0.1) is 12.2 Å². The van der Waals surface area contributed by atoms with Crippen LogP contribution in [-0.4, -0.2) is 42.3 Å². The smallest absolute Gasteiger partial charge is 0.335 e. The number of aromatic carboxylic acids is 1. The standard InChI is InChI=1S/C32H30Cl2FNO2/c1-20-3-6-24-16-25(32(37)38)9-11-27(24)31(30(20)28-12-10-26(33)17-29(28)34)23-7-4-21(5-8-23)15-22-18-36(19-22)14-2-13-35/h4-5,7-12,15-17,20H,2-3,6,13-14,18-19H2,1H3,(H,37,38). The Balaban J connectivity index is 1.59. The average Bonchev–Trinajstić information content (AvgIpc) is 3.02. The summed E-state index contributed by atoms with van der Waals surface area (Å²) in [5, 5.41) is 10.8. The maximum atomic E-state index is 12.4. The highest BCUT2D eigenvalue weighted by molar-refractivity contribution is 6.36. The summed E-state index contributed by atoms with van der Waals surface area (Å²) >= 11 is 13.0. The number of allylic oxidation sites excluding steroid dienone is 1. The summed E-state index contributed by atoms with van der Waals surface area (Å²) in [4.78, 5) is 14.0. The lowest BCUT2D eigenvalue weighted by molar-refractivity contribution is 0.0696. The van der Waals surface area contributed by atoms with Crippen LogP contribution in [0.4, 0.5) is 4.39 Å². The normalized spacial score (nSPS) is 17.6. The van der Waals surface area contributed by atoms with Gasteiger partial charge in [0, 0.05) is 29.7 Å². The molecule has 2 aliphatic rings. The lowest BCUT2D eigenvalue weighted by Crippen LogP contribution is -2.40. The quantitative estimate of drug-likeness (QED) is 0.322. The van der Waals surface area contributed by atoms with E-state index in [9.17, 15) is 14.3 Å². The van der Waals surface area contributed by atoms with Crippen LogP contribution in [0, 0.1) is 5.92 Å². The van der Waals surface area contributed by atoms with Gasteiger partial charge in [0.25, 0.3) is 0 Å². The van der Waals surface area contributed by atoms with Gasteiger partial charge in [-0.25, -0.2) is 4.79 Å². The molecule has 1 heterocycles. The third kappa shape index (κ3) is 5.58. The van der Waals surface area contributed by atoms with E-state index in [0.717, 1.165) is 71.4 Å². The summed E-state index contributed by atoms with van der Waals surface area (Å²) in [7, 11) is 0. The van der Waals surface area contributed by atoms with Crippen molar-refractivity contribution in [2.45, 2.75) is 26.2 Å². The predicted molar refractivity (Wildman–Crippen MR) is 155 cm³/mol. The Morgan fingerprint density at radius 2 is 1.79 bits per heavy atom. The van der Waals surface area contributed by atoms with Crippen LogP contribution < -0.4 is 0 Å². The first kappa shape index (κ1) is 26.7. The molecule has 1 fully saturated rings. The molecular weight excluding hydrogens is 520 g/mol. The lowest BCUT2D eigenvalue weighted by atomic mass is 9.83. The fraction of sp³-hybridized carbons (Fsp3) is 0.281. The number of nitrogens with zero attached hydrogens (tertiary/aromatic N) is 1. The fourth-order valence-electron chi connectivity index (χ4n) is 5.55. The maximum Gasteiger partial charge on any atom is 0.335 e. The van der Waals surface area contributed by atoms with Gasteiger partial charge in [0.2, 0.25) is 0 Å². The largest absolute Gasteiger partial charge is 0.478 e. The molecule has 38 heavy (non-hydrogen) atoms. The summed E-state index contributed by atoms with van der Waals surface area (Å²) in [5.74, 6) is -0.732. The lowest BCUT2D eigenvalue weighted by Gasteiger charge is -2.33. The van der Waals surface area contributed by atoms with E-state index in [4.69, 9.17) is 23.2 Å². The molecule has 0 bridgehead atoms. The van der Waals surface area contributed by atoms with Crippen molar-refractivity contribution in [3.8, 4) is 0 Å². The molecule has 3 nitrogen and oxygen atoms in total. The van der Waals surface area contributed by atoms with Crippen LogP contribution in [0.15, 0.2) is 66.2 Å². The van der Waals surface area contributed by atoms with E-state index in [0.29, 0.717) is 22.0 Å². The molecule has 1 aliphatic heterocycles. The summed E-state index contributed by atoms with van der Waals surface area (Å²) in [5.41, 5.74) is 9.06. The SMILES string of the molecule is CC1CCc2cc(C(=O)O)ccc2C(c2ccc(C=C3CN(CCCF)C3)cc2)=C1c1ccc(Cl)cc1Cl. The van der Waals surface area contributed by atoms with Crippen LogP contribution in [0.3, 0.4) is 0 Å². The van der Waals surface area contributed by atoms with E-state index in [2.05, 4.69) is 42.2 Å². The second-order valence-electron chi connectivity index (χ2n) is 10.2. The van der Waals surface area contributed by atoms with Crippen molar-refractivity contribution < 1.29 is 14.3 Å². The molecule has 1 aliphatic carbocycles. The number of alkyl halides is 1. The zero-order valence-corrected chi connectivity index (χ0v) is 22.8. The second-order valence-corrected chi connectivity index (χ2v) is 11.1.